The van der Waals surface area contributed by atoms with Crippen molar-refractivity contribution in [2.45, 2.75) is 38.6 Å². The molecule has 0 spiro atoms. The van der Waals surface area contributed by atoms with Crippen LogP contribution in [-0.4, -0.2) is 28.6 Å². The number of nitrogens with one attached hydrogen (secondary N) is 2. The van der Waals surface area contributed by atoms with Crippen LogP contribution in [0.25, 0.3) is 11.3 Å². The van der Waals surface area contributed by atoms with Crippen molar-refractivity contribution in [3.05, 3.63) is 64.5 Å². The van der Waals surface area contributed by atoms with Crippen molar-refractivity contribution >= 4 is 40.0 Å². The van der Waals surface area contributed by atoms with Gasteiger partial charge in [0.25, 0.3) is 5.91 Å². The third-order valence-electron chi connectivity index (χ3n) is 4.28. The lowest BCUT2D eigenvalue weighted by Crippen LogP contribution is -2.31. The van der Waals surface area contributed by atoms with Gasteiger partial charge in [0.1, 0.15) is 0 Å². The highest BCUT2D eigenvalue weighted by molar-refractivity contribution is 8.00. The zero-order valence-corrected chi connectivity index (χ0v) is 19.1. The SMILES string of the molecule is Cc1ccc(-c2nc(NC(=O)c3ccccc3SCC(=O)NC(C)C)sc2C)cc1. The molecule has 0 unspecified atom stereocenters. The van der Waals surface area contributed by atoms with E-state index in [2.05, 4.69) is 27.8 Å². The summed E-state index contributed by atoms with van der Waals surface area (Å²) in [6.07, 6.45) is 0. The Morgan fingerprint density at radius 3 is 2.47 bits per heavy atom. The second-order valence-electron chi connectivity index (χ2n) is 7.25. The van der Waals surface area contributed by atoms with Crippen molar-refractivity contribution in [2.75, 3.05) is 11.1 Å². The number of rotatable bonds is 7. The maximum Gasteiger partial charge on any atom is 0.258 e. The first-order chi connectivity index (χ1) is 14.3. The summed E-state index contributed by atoms with van der Waals surface area (Å²) in [7, 11) is 0. The van der Waals surface area contributed by atoms with Crippen LogP contribution in [0.4, 0.5) is 5.13 Å². The first-order valence-electron chi connectivity index (χ1n) is 9.70. The maximum absolute atomic E-state index is 12.9. The molecule has 3 rings (SSSR count). The van der Waals surface area contributed by atoms with Crippen molar-refractivity contribution in [3.8, 4) is 11.3 Å². The van der Waals surface area contributed by atoms with Gasteiger partial charge in [-0.25, -0.2) is 4.98 Å². The summed E-state index contributed by atoms with van der Waals surface area (Å²) in [5.41, 5.74) is 3.63. The number of thiazole rings is 1. The van der Waals surface area contributed by atoms with Gasteiger partial charge in [0.05, 0.1) is 17.0 Å². The molecule has 2 N–H and O–H groups in total. The molecule has 0 aliphatic rings. The largest absolute Gasteiger partial charge is 0.353 e. The number of carbonyl (C=O) groups is 2. The molecule has 0 saturated heterocycles. The van der Waals surface area contributed by atoms with Gasteiger partial charge in [-0.3, -0.25) is 14.9 Å². The van der Waals surface area contributed by atoms with Crippen molar-refractivity contribution in [3.63, 3.8) is 0 Å². The molecule has 0 radical (unpaired) electrons. The van der Waals surface area contributed by atoms with E-state index in [1.54, 1.807) is 6.07 Å². The van der Waals surface area contributed by atoms with E-state index in [0.717, 1.165) is 21.0 Å². The smallest absolute Gasteiger partial charge is 0.258 e. The first kappa shape index (κ1) is 22.1. The lowest BCUT2D eigenvalue weighted by Gasteiger charge is -2.10. The molecule has 3 aromatic rings. The van der Waals surface area contributed by atoms with Crippen LogP contribution < -0.4 is 10.6 Å². The minimum atomic E-state index is -0.230. The van der Waals surface area contributed by atoms with Gasteiger partial charge < -0.3 is 5.32 Å². The molecule has 1 aromatic heterocycles. The van der Waals surface area contributed by atoms with E-state index in [9.17, 15) is 9.59 Å². The Morgan fingerprint density at radius 2 is 1.77 bits per heavy atom. The molecular weight excluding hydrogens is 414 g/mol. The number of benzene rings is 2. The average Bonchev–Trinajstić information content (AvgIpc) is 3.06. The second kappa shape index (κ2) is 9.91. The Kier molecular flexibility index (Phi) is 7.29. The van der Waals surface area contributed by atoms with Crippen LogP contribution in [-0.2, 0) is 4.79 Å². The molecule has 0 aliphatic carbocycles. The molecule has 2 aromatic carbocycles. The lowest BCUT2D eigenvalue weighted by molar-refractivity contribution is -0.119. The lowest BCUT2D eigenvalue weighted by atomic mass is 10.1. The van der Waals surface area contributed by atoms with E-state index >= 15 is 0 Å². The predicted octanol–water partition coefficient (Wildman–Crippen LogP) is 5.30. The standard InChI is InChI=1S/C23H25N3O2S2/c1-14(2)24-20(27)13-29-19-8-6-5-7-18(19)22(28)26-23-25-21(16(4)30-23)17-11-9-15(3)10-12-17/h5-12,14H,13H2,1-4H3,(H,24,27)(H,25,26,28). The maximum atomic E-state index is 12.9. The van der Waals surface area contributed by atoms with Crippen LogP contribution in [0.15, 0.2) is 53.4 Å². The Balaban J connectivity index is 1.73. The van der Waals surface area contributed by atoms with Gasteiger partial charge in [-0.15, -0.1) is 23.1 Å². The van der Waals surface area contributed by atoms with Crippen molar-refractivity contribution in [1.29, 1.82) is 0 Å². The summed E-state index contributed by atoms with van der Waals surface area (Å²) in [5.74, 6) is -0.0220. The van der Waals surface area contributed by atoms with Crippen molar-refractivity contribution in [1.82, 2.24) is 10.3 Å². The van der Waals surface area contributed by atoms with Crippen LogP contribution in [0.5, 0.6) is 0 Å². The van der Waals surface area contributed by atoms with Crippen LogP contribution in [0, 0.1) is 13.8 Å². The van der Waals surface area contributed by atoms with Crippen molar-refractivity contribution in [2.24, 2.45) is 0 Å². The number of aryl methyl sites for hydroxylation is 2. The van der Waals surface area contributed by atoms with Crippen LogP contribution in [0.1, 0.15) is 34.6 Å². The summed E-state index contributed by atoms with van der Waals surface area (Å²) >= 11 is 2.81. The van der Waals surface area contributed by atoms with Gasteiger partial charge in [0.15, 0.2) is 5.13 Å². The van der Waals surface area contributed by atoms with Gasteiger partial charge in [-0.1, -0.05) is 42.0 Å². The molecule has 1 heterocycles. The number of anilines is 1. The quantitative estimate of drug-likeness (QED) is 0.490. The van der Waals surface area contributed by atoms with E-state index in [-0.39, 0.29) is 23.6 Å². The number of aromatic nitrogens is 1. The summed E-state index contributed by atoms with van der Waals surface area (Å²) in [5, 5.41) is 6.34. The normalized spacial score (nSPS) is 10.8. The third-order valence-corrected chi connectivity index (χ3v) is 6.24. The van der Waals surface area contributed by atoms with Gasteiger partial charge in [0, 0.05) is 21.4 Å². The Labute approximate surface area is 185 Å². The van der Waals surface area contributed by atoms with E-state index in [1.807, 2.05) is 58.0 Å². The van der Waals surface area contributed by atoms with Crippen LogP contribution in [0.2, 0.25) is 0 Å². The fourth-order valence-electron chi connectivity index (χ4n) is 2.88. The zero-order chi connectivity index (χ0) is 21.7. The molecule has 0 bridgehead atoms. The molecule has 156 valence electrons. The Bertz CT molecular complexity index is 1040. The highest BCUT2D eigenvalue weighted by atomic mass is 32.2. The van der Waals surface area contributed by atoms with E-state index in [0.29, 0.717) is 10.7 Å². The van der Waals surface area contributed by atoms with Gasteiger partial charge in [0.2, 0.25) is 5.91 Å². The number of amides is 2. The summed E-state index contributed by atoms with van der Waals surface area (Å²) in [6, 6.07) is 15.6. The van der Waals surface area contributed by atoms with E-state index in [4.69, 9.17) is 0 Å². The Morgan fingerprint density at radius 1 is 1.07 bits per heavy atom. The van der Waals surface area contributed by atoms with Gasteiger partial charge in [-0.2, -0.15) is 0 Å². The highest BCUT2D eigenvalue weighted by Gasteiger charge is 2.16. The Hall–Kier alpha value is -2.64. The first-order valence-corrected chi connectivity index (χ1v) is 11.5. The van der Waals surface area contributed by atoms with E-state index in [1.165, 1.54) is 28.7 Å². The van der Waals surface area contributed by atoms with Gasteiger partial charge >= 0.3 is 0 Å². The fourth-order valence-corrected chi connectivity index (χ4v) is 4.57. The number of hydrogen-bond donors (Lipinski definition) is 2. The van der Waals surface area contributed by atoms with Gasteiger partial charge in [-0.05, 0) is 39.8 Å². The number of carbonyl (C=O) groups excluding carboxylic acids is 2. The van der Waals surface area contributed by atoms with Crippen molar-refractivity contribution < 1.29 is 9.59 Å². The molecule has 0 saturated carbocycles. The molecule has 5 nitrogen and oxygen atoms in total. The molecule has 0 fully saturated rings. The molecule has 0 aliphatic heterocycles. The molecule has 30 heavy (non-hydrogen) atoms. The molecule has 0 atom stereocenters. The fraction of sp³-hybridized carbons (Fsp3) is 0.261. The molecule has 7 heteroatoms. The average molecular weight is 440 g/mol. The molecule has 2 amide bonds. The summed E-state index contributed by atoms with van der Waals surface area (Å²) < 4.78 is 0. The zero-order valence-electron chi connectivity index (χ0n) is 17.5. The van der Waals surface area contributed by atoms with E-state index < -0.39 is 0 Å². The monoisotopic (exact) mass is 439 g/mol. The van der Waals surface area contributed by atoms with Crippen LogP contribution >= 0.6 is 23.1 Å². The predicted molar refractivity (Wildman–Crippen MR) is 125 cm³/mol. The second-order valence-corrected chi connectivity index (χ2v) is 9.47. The number of hydrogen-bond acceptors (Lipinski definition) is 5. The van der Waals surface area contributed by atoms with Crippen LogP contribution in [0.3, 0.4) is 0 Å². The third kappa shape index (κ3) is 5.70. The summed E-state index contributed by atoms with van der Waals surface area (Å²) in [6.45, 7) is 7.89. The highest BCUT2D eigenvalue weighted by Crippen LogP contribution is 2.31. The number of nitrogens with zero attached hydrogens (tertiary/aromatic N) is 1. The summed E-state index contributed by atoms with van der Waals surface area (Å²) in [4.78, 5) is 31.3. The molecular formula is C23H25N3O2S2. The number of thioether (sulfide) groups is 1. The topological polar surface area (TPSA) is 71.1 Å². The minimum absolute atomic E-state index is 0.0523. The minimum Gasteiger partial charge on any atom is -0.353 e.